The lowest BCUT2D eigenvalue weighted by atomic mass is 9.99. The Bertz CT molecular complexity index is 633. The predicted octanol–water partition coefficient (Wildman–Crippen LogP) is 1.61. The van der Waals surface area contributed by atoms with E-state index in [4.69, 9.17) is 18.9 Å². The summed E-state index contributed by atoms with van der Waals surface area (Å²) >= 11 is 0. The molecule has 0 aromatic heterocycles. The van der Waals surface area contributed by atoms with Gasteiger partial charge in [-0.3, -0.25) is 9.59 Å². The highest BCUT2D eigenvalue weighted by Crippen LogP contribution is 2.41. The molecular weight excluding hydrogens is 352 g/mol. The van der Waals surface area contributed by atoms with Crippen molar-refractivity contribution in [2.45, 2.75) is 19.8 Å². The van der Waals surface area contributed by atoms with Crippen molar-refractivity contribution in [3.8, 4) is 17.2 Å². The van der Waals surface area contributed by atoms with Crippen LogP contribution in [0.25, 0.3) is 0 Å². The first kappa shape index (κ1) is 20.8. The predicted molar refractivity (Wildman–Crippen MR) is 101 cm³/mol. The van der Waals surface area contributed by atoms with Crippen molar-refractivity contribution < 1.29 is 28.5 Å². The number of amides is 2. The maximum atomic E-state index is 12.2. The number of rotatable bonds is 8. The third-order valence-corrected chi connectivity index (χ3v) is 4.57. The van der Waals surface area contributed by atoms with E-state index < -0.39 is 0 Å². The molecule has 1 saturated heterocycles. The van der Waals surface area contributed by atoms with Gasteiger partial charge in [-0.1, -0.05) is 0 Å². The minimum Gasteiger partial charge on any atom is -0.493 e. The monoisotopic (exact) mass is 380 g/mol. The van der Waals surface area contributed by atoms with Crippen molar-refractivity contribution in [2.24, 2.45) is 5.92 Å². The fraction of sp³-hybridized carbons (Fsp3) is 0.579. The highest BCUT2D eigenvalue weighted by Gasteiger charge is 2.22. The first-order valence-corrected chi connectivity index (χ1v) is 8.95. The molecule has 1 aliphatic rings. The molecule has 0 saturated carbocycles. The van der Waals surface area contributed by atoms with Crippen LogP contribution >= 0.6 is 0 Å². The van der Waals surface area contributed by atoms with Crippen LogP contribution in [-0.4, -0.2) is 59.4 Å². The second-order valence-corrected chi connectivity index (χ2v) is 6.23. The number of hydrogen-bond acceptors (Lipinski definition) is 6. The number of nitrogens with zero attached hydrogens (tertiary/aromatic N) is 1. The van der Waals surface area contributed by atoms with Gasteiger partial charge in [0.05, 0.1) is 27.0 Å². The topological polar surface area (TPSA) is 86.3 Å². The molecule has 1 aliphatic heterocycles. The summed E-state index contributed by atoms with van der Waals surface area (Å²) in [6, 6.07) is 3.42. The number of anilines is 1. The van der Waals surface area contributed by atoms with Crippen LogP contribution in [0.1, 0.15) is 19.8 Å². The second kappa shape index (κ2) is 10.0. The number of carbonyl (C=O) groups is 2. The smallest absolute Gasteiger partial charge is 0.223 e. The van der Waals surface area contributed by atoms with Crippen LogP contribution in [0.2, 0.25) is 0 Å². The summed E-state index contributed by atoms with van der Waals surface area (Å²) in [5, 5.41) is 2.91. The maximum absolute atomic E-state index is 12.2. The first-order valence-electron chi connectivity index (χ1n) is 8.95. The van der Waals surface area contributed by atoms with Gasteiger partial charge in [-0.25, -0.2) is 0 Å². The normalized spacial score (nSPS) is 14.4. The Morgan fingerprint density at radius 2 is 1.70 bits per heavy atom. The molecule has 0 atom stereocenters. The molecule has 2 rings (SSSR count). The van der Waals surface area contributed by atoms with Crippen molar-refractivity contribution in [2.75, 3.05) is 52.5 Å². The van der Waals surface area contributed by atoms with Crippen LogP contribution in [-0.2, 0) is 14.3 Å². The Morgan fingerprint density at radius 1 is 1.11 bits per heavy atom. The highest BCUT2D eigenvalue weighted by atomic mass is 16.5. The van der Waals surface area contributed by atoms with Crippen molar-refractivity contribution in [3.05, 3.63) is 12.1 Å². The van der Waals surface area contributed by atoms with Crippen LogP contribution in [0, 0.1) is 5.92 Å². The van der Waals surface area contributed by atoms with Crippen LogP contribution in [0.3, 0.4) is 0 Å². The Balaban J connectivity index is 2.08. The number of ether oxygens (including phenoxy) is 4. The van der Waals surface area contributed by atoms with E-state index in [1.165, 1.54) is 28.3 Å². The molecule has 0 radical (unpaired) electrons. The molecule has 1 fully saturated rings. The molecule has 27 heavy (non-hydrogen) atoms. The van der Waals surface area contributed by atoms with E-state index in [1.54, 1.807) is 17.0 Å². The van der Waals surface area contributed by atoms with Crippen molar-refractivity contribution in [3.63, 3.8) is 0 Å². The quantitative estimate of drug-likeness (QED) is 0.737. The van der Waals surface area contributed by atoms with Crippen LogP contribution in [0.5, 0.6) is 17.2 Å². The van der Waals surface area contributed by atoms with Gasteiger partial charge in [0.25, 0.3) is 0 Å². The SMILES string of the molecule is COc1cc(N(CCNC(=O)C2CCOCC2)C(C)=O)cc(OC)c1OC. The highest BCUT2D eigenvalue weighted by molar-refractivity contribution is 5.92. The first-order chi connectivity index (χ1) is 13.0. The van der Waals surface area contributed by atoms with Crippen molar-refractivity contribution in [1.29, 1.82) is 0 Å². The second-order valence-electron chi connectivity index (χ2n) is 6.23. The third kappa shape index (κ3) is 5.26. The minimum atomic E-state index is -0.149. The van der Waals surface area contributed by atoms with Gasteiger partial charge < -0.3 is 29.2 Å². The van der Waals surface area contributed by atoms with E-state index >= 15 is 0 Å². The number of hydrogen-bond donors (Lipinski definition) is 1. The van der Waals surface area contributed by atoms with Gasteiger partial charge in [0.15, 0.2) is 11.5 Å². The zero-order valence-electron chi connectivity index (χ0n) is 16.4. The molecule has 0 unspecified atom stereocenters. The summed E-state index contributed by atoms with van der Waals surface area (Å²) in [5.74, 6) is 1.22. The van der Waals surface area contributed by atoms with E-state index in [0.29, 0.717) is 49.2 Å². The summed E-state index contributed by atoms with van der Waals surface area (Å²) in [6.45, 7) is 3.39. The molecule has 1 aromatic carbocycles. The molecular formula is C19H28N2O6. The third-order valence-electron chi connectivity index (χ3n) is 4.57. The zero-order valence-corrected chi connectivity index (χ0v) is 16.4. The lowest BCUT2D eigenvalue weighted by Crippen LogP contribution is -2.40. The van der Waals surface area contributed by atoms with E-state index in [2.05, 4.69) is 5.32 Å². The summed E-state index contributed by atoms with van der Waals surface area (Å²) in [5.41, 5.74) is 0.609. The van der Waals surface area contributed by atoms with Crippen LogP contribution in [0.4, 0.5) is 5.69 Å². The Labute approximate surface area is 159 Å². The minimum absolute atomic E-state index is 0.00620. The Hall–Kier alpha value is -2.48. The van der Waals surface area contributed by atoms with Gasteiger partial charge in [0.1, 0.15) is 0 Å². The van der Waals surface area contributed by atoms with Gasteiger partial charge in [-0.15, -0.1) is 0 Å². The van der Waals surface area contributed by atoms with Gasteiger partial charge in [-0.05, 0) is 12.8 Å². The molecule has 1 N–H and O–H groups in total. The summed E-state index contributed by atoms with van der Waals surface area (Å²) in [7, 11) is 4.56. The Morgan fingerprint density at radius 3 is 2.19 bits per heavy atom. The largest absolute Gasteiger partial charge is 0.493 e. The number of carbonyl (C=O) groups excluding carboxylic acids is 2. The molecule has 8 nitrogen and oxygen atoms in total. The zero-order chi connectivity index (χ0) is 19.8. The molecule has 0 bridgehead atoms. The van der Waals surface area contributed by atoms with Crippen LogP contribution < -0.4 is 24.4 Å². The summed E-state index contributed by atoms with van der Waals surface area (Å²) in [4.78, 5) is 26.0. The lowest BCUT2D eigenvalue weighted by Gasteiger charge is -2.25. The molecule has 1 heterocycles. The number of methoxy groups -OCH3 is 3. The van der Waals surface area contributed by atoms with Gasteiger partial charge in [0.2, 0.25) is 17.6 Å². The van der Waals surface area contributed by atoms with E-state index in [1.807, 2.05) is 0 Å². The summed E-state index contributed by atoms with van der Waals surface area (Å²) in [6.07, 6.45) is 1.46. The average Bonchev–Trinajstić information content (AvgIpc) is 2.70. The van der Waals surface area contributed by atoms with Gasteiger partial charge in [0, 0.05) is 51.3 Å². The van der Waals surface area contributed by atoms with E-state index in [9.17, 15) is 9.59 Å². The standard InChI is InChI=1S/C19H28N2O6/c1-13(22)21(8-7-20-19(23)14-5-9-27-10-6-14)15-11-16(24-2)18(26-4)17(12-15)25-3/h11-12,14H,5-10H2,1-4H3,(H,20,23). The molecule has 2 amide bonds. The molecule has 0 spiro atoms. The fourth-order valence-electron chi connectivity index (χ4n) is 3.09. The lowest BCUT2D eigenvalue weighted by molar-refractivity contribution is -0.127. The van der Waals surface area contributed by atoms with Crippen molar-refractivity contribution >= 4 is 17.5 Å². The number of nitrogens with one attached hydrogen (secondary N) is 1. The van der Waals surface area contributed by atoms with E-state index in [-0.39, 0.29) is 17.7 Å². The summed E-state index contributed by atoms with van der Waals surface area (Å²) < 4.78 is 21.3. The molecule has 8 heteroatoms. The molecule has 1 aromatic rings. The van der Waals surface area contributed by atoms with Crippen molar-refractivity contribution in [1.82, 2.24) is 5.32 Å². The van der Waals surface area contributed by atoms with Crippen LogP contribution in [0.15, 0.2) is 12.1 Å². The van der Waals surface area contributed by atoms with Gasteiger partial charge >= 0.3 is 0 Å². The maximum Gasteiger partial charge on any atom is 0.223 e. The van der Waals surface area contributed by atoms with Gasteiger partial charge in [-0.2, -0.15) is 0 Å². The fourth-order valence-corrected chi connectivity index (χ4v) is 3.09. The average molecular weight is 380 g/mol. The van der Waals surface area contributed by atoms with E-state index in [0.717, 1.165) is 12.8 Å². The Kier molecular flexibility index (Phi) is 7.72. The molecule has 150 valence electrons. The molecule has 0 aliphatic carbocycles. The number of benzene rings is 1.